The molecule has 0 spiro atoms. The number of H-pyrrole nitrogens is 1. The van der Waals surface area contributed by atoms with Gasteiger partial charge in [-0.15, -0.1) is 12.4 Å². The van der Waals surface area contributed by atoms with Crippen molar-refractivity contribution in [3.8, 4) is 0 Å². The molecule has 2 rings (SSSR count). The third-order valence-electron chi connectivity index (χ3n) is 4.01. The van der Waals surface area contributed by atoms with Gasteiger partial charge in [-0.25, -0.2) is 0 Å². The molecular formula is C17H23ClN4O4. The molecule has 1 aromatic carbocycles. The number of pyridine rings is 1. The molecule has 0 aliphatic carbocycles. The number of non-ortho nitro benzene ring substituents is 1. The summed E-state index contributed by atoms with van der Waals surface area (Å²) < 4.78 is 0. The highest BCUT2D eigenvalue weighted by Crippen LogP contribution is 2.23. The average Bonchev–Trinajstić information content (AvgIpc) is 2.52. The quantitative estimate of drug-likeness (QED) is 0.521. The number of hydrogen-bond donors (Lipinski definition) is 3. The summed E-state index contributed by atoms with van der Waals surface area (Å²) in [7, 11) is 0. The van der Waals surface area contributed by atoms with Gasteiger partial charge >= 0.3 is 0 Å². The monoisotopic (exact) mass is 382 g/mol. The highest BCUT2D eigenvalue weighted by Gasteiger charge is 2.27. The van der Waals surface area contributed by atoms with Crippen LogP contribution in [0.4, 0.5) is 5.69 Å². The number of nitrogens with zero attached hydrogens (tertiary/aromatic N) is 1. The summed E-state index contributed by atoms with van der Waals surface area (Å²) in [6.45, 7) is 6.11. The van der Waals surface area contributed by atoms with Crippen LogP contribution in [0.2, 0.25) is 0 Å². The van der Waals surface area contributed by atoms with Crippen molar-refractivity contribution in [1.82, 2.24) is 10.3 Å². The molecule has 0 saturated carbocycles. The largest absolute Gasteiger partial charge is 0.346 e. The van der Waals surface area contributed by atoms with E-state index >= 15 is 0 Å². The smallest absolute Gasteiger partial charge is 0.270 e. The van der Waals surface area contributed by atoms with Crippen molar-refractivity contribution in [3.63, 3.8) is 0 Å². The van der Waals surface area contributed by atoms with E-state index in [1.54, 1.807) is 0 Å². The number of nitrogens with one attached hydrogen (secondary N) is 2. The lowest BCUT2D eigenvalue weighted by molar-refractivity contribution is -0.384. The first-order valence-corrected chi connectivity index (χ1v) is 7.99. The zero-order valence-electron chi connectivity index (χ0n) is 14.9. The number of aromatic nitrogens is 1. The van der Waals surface area contributed by atoms with Crippen molar-refractivity contribution in [2.24, 2.45) is 11.7 Å². The number of nitrogens with two attached hydrogens (primary N) is 1. The Morgan fingerprint density at radius 1 is 1.38 bits per heavy atom. The van der Waals surface area contributed by atoms with Gasteiger partial charge in [0, 0.05) is 41.2 Å². The van der Waals surface area contributed by atoms with Crippen molar-refractivity contribution in [2.75, 3.05) is 6.54 Å². The lowest BCUT2D eigenvalue weighted by Crippen LogP contribution is -2.52. The Balaban J connectivity index is 0.00000338. The first-order chi connectivity index (χ1) is 11.6. The number of nitro groups is 1. The van der Waals surface area contributed by atoms with Gasteiger partial charge in [0.05, 0.1) is 10.5 Å². The zero-order chi connectivity index (χ0) is 18.8. The fourth-order valence-corrected chi connectivity index (χ4v) is 2.97. The van der Waals surface area contributed by atoms with Gasteiger partial charge in [0.1, 0.15) is 0 Å². The molecule has 1 atom stereocenters. The van der Waals surface area contributed by atoms with Gasteiger partial charge in [0.25, 0.3) is 11.6 Å². The Kier molecular flexibility index (Phi) is 6.88. The van der Waals surface area contributed by atoms with Crippen LogP contribution in [0, 0.1) is 16.0 Å². The van der Waals surface area contributed by atoms with Crippen molar-refractivity contribution >= 4 is 34.9 Å². The Bertz CT molecular complexity index is 881. The summed E-state index contributed by atoms with van der Waals surface area (Å²) in [4.78, 5) is 37.6. The lowest BCUT2D eigenvalue weighted by Gasteiger charge is -2.31. The number of aromatic amines is 1. The van der Waals surface area contributed by atoms with Crippen molar-refractivity contribution < 1.29 is 9.72 Å². The van der Waals surface area contributed by atoms with E-state index in [1.807, 2.05) is 20.8 Å². The summed E-state index contributed by atoms with van der Waals surface area (Å²) >= 11 is 0. The predicted molar refractivity (Wildman–Crippen MR) is 103 cm³/mol. The Labute approximate surface area is 156 Å². The minimum absolute atomic E-state index is 0. The maximum Gasteiger partial charge on any atom is 0.270 e. The molecule has 0 fully saturated rings. The van der Waals surface area contributed by atoms with Crippen LogP contribution in [0.3, 0.4) is 0 Å². The Morgan fingerprint density at radius 2 is 2.04 bits per heavy atom. The van der Waals surface area contributed by atoms with E-state index in [1.165, 1.54) is 18.2 Å². The summed E-state index contributed by atoms with van der Waals surface area (Å²) in [5.74, 6) is -0.170. The minimum Gasteiger partial charge on any atom is -0.346 e. The molecule has 142 valence electrons. The highest BCUT2D eigenvalue weighted by molar-refractivity contribution is 6.06. The fourth-order valence-electron chi connectivity index (χ4n) is 2.97. The van der Waals surface area contributed by atoms with Gasteiger partial charge < -0.3 is 16.0 Å². The first kappa shape index (κ1) is 21.6. The van der Waals surface area contributed by atoms with Crippen LogP contribution in [0.15, 0.2) is 29.1 Å². The molecule has 1 heterocycles. The molecule has 0 radical (unpaired) electrons. The van der Waals surface area contributed by atoms with Gasteiger partial charge in [-0.1, -0.05) is 13.8 Å². The highest BCUT2D eigenvalue weighted by atomic mass is 35.5. The normalized spacial score (nSPS) is 13.1. The van der Waals surface area contributed by atoms with Crippen LogP contribution in [0.1, 0.15) is 37.6 Å². The molecule has 4 N–H and O–H groups in total. The van der Waals surface area contributed by atoms with Crippen LogP contribution < -0.4 is 16.6 Å². The van der Waals surface area contributed by atoms with E-state index in [0.29, 0.717) is 23.2 Å². The maximum absolute atomic E-state index is 12.8. The summed E-state index contributed by atoms with van der Waals surface area (Å²) in [5, 5.41) is 14.2. The number of nitro benzene ring substituents is 1. The molecule has 1 unspecified atom stereocenters. The van der Waals surface area contributed by atoms with Crippen LogP contribution in [0.25, 0.3) is 10.9 Å². The van der Waals surface area contributed by atoms with Gasteiger partial charge in [-0.05, 0) is 25.3 Å². The van der Waals surface area contributed by atoms with Crippen molar-refractivity contribution in [1.29, 1.82) is 0 Å². The Hall–Kier alpha value is -2.45. The van der Waals surface area contributed by atoms with Crippen LogP contribution in [0.5, 0.6) is 0 Å². The number of hydrogen-bond acceptors (Lipinski definition) is 5. The zero-order valence-corrected chi connectivity index (χ0v) is 15.7. The third kappa shape index (κ3) is 4.80. The first-order valence-electron chi connectivity index (χ1n) is 7.99. The molecule has 26 heavy (non-hydrogen) atoms. The fraction of sp³-hybridized carbons (Fsp3) is 0.412. The minimum atomic E-state index is -0.638. The van der Waals surface area contributed by atoms with Gasteiger partial charge in [-0.2, -0.15) is 0 Å². The predicted octanol–water partition coefficient (Wildman–Crippen LogP) is 2.35. The van der Waals surface area contributed by atoms with E-state index < -0.39 is 21.9 Å². The van der Waals surface area contributed by atoms with E-state index in [9.17, 15) is 19.7 Å². The molecule has 0 aliphatic rings. The molecule has 0 saturated heterocycles. The second kappa shape index (κ2) is 8.29. The maximum atomic E-state index is 12.8. The van der Waals surface area contributed by atoms with Gasteiger partial charge in [0.2, 0.25) is 5.56 Å². The molecule has 0 aliphatic heterocycles. The third-order valence-corrected chi connectivity index (χ3v) is 4.01. The SMILES string of the molecule is CC(C)CC(C)(CN)NC(=O)c1cc(=O)[nH]c2ccc([N+](=O)[O-])cc12.Cl. The van der Waals surface area contributed by atoms with Crippen LogP contribution >= 0.6 is 12.4 Å². The summed E-state index contributed by atoms with van der Waals surface area (Å²) in [6.07, 6.45) is 0.663. The van der Waals surface area contributed by atoms with Crippen molar-refractivity contribution in [2.45, 2.75) is 32.7 Å². The molecule has 9 heteroatoms. The molecule has 1 amide bonds. The summed E-state index contributed by atoms with van der Waals surface area (Å²) in [5.41, 5.74) is 5.02. The van der Waals surface area contributed by atoms with E-state index in [-0.39, 0.29) is 30.2 Å². The number of carbonyl (C=O) groups excluding carboxylic acids is 1. The average molecular weight is 383 g/mol. The van der Waals surface area contributed by atoms with Gasteiger partial charge in [-0.3, -0.25) is 19.7 Å². The second-order valence-electron chi connectivity index (χ2n) is 6.85. The summed E-state index contributed by atoms with van der Waals surface area (Å²) in [6, 6.07) is 5.13. The molecular weight excluding hydrogens is 360 g/mol. The number of carbonyl (C=O) groups is 1. The standard InChI is InChI=1S/C17H22N4O4.ClH/c1-10(2)8-17(3,9-18)20-16(23)13-7-15(22)19-14-5-4-11(21(24)25)6-12(13)14;/h4-7,10H,8-9,18H2,1-3H3,(H,19,22)(H,20,23);1H. The number of rotatable bonds is 6. The van der Waals surface area contributed by atoms with E-state index in [4.69, 9.17) is 5.73 Å². The van der Waals surface area contributed by atoms with E-state index in [0.717, 1.165) is 6.07 Å². The van der Waals surface area contributed by atoms with Crippen LogP contribution in [-0.4, -0.2) is 27.9 Å². The molecule has 1 aromatic heterocycles. The van der Waals surface area contributed by atoms with Crippen molar-refractivity contribution in [3.05, 3.63) is 50.3 Å². The number of benzene rings is 1. The number of fused-ring (bicyclic) bond motifs is 1. The van der Waals surface area contributed by atoms with E-state index in [2.05, 4.69) is 10.3 Å². The molecule has 8 nitrogen and oxygen atoms in total. The number of halogens is 1. The molecule has 0 bridgehead atoms. The second-order valence-corrected chi connectivity index (χ2v) is 6.85. The topological polar surface area (TPSA) is 131 Å². The lowest BCUT2D eigenvalue weighted by atomic mass is 9.90. The number of amides is 1. The van der Waals surface area contributed by atoms with Gasteiger partial charge in [0.15, 0.2) is 0 Å². The molecule has 2 aromatic rings. The van der Waals surface area contributed by atoms with Crippen LogP contribution in [-0.2, 0) is 0 Å². The Morgan fingerprint density at radius 3 is 2.58 bits per heavy atom.